The fourth-order valence-corrected chi connectivity index (χ4v) is 0.368. The molecule has 11 heavy (non-hydrogen) atoms. The number of aliphatic hydroxyl groups is 1. The second-order valence-corrected chi connectivity index (χ2v) is 1.44. The molecule has 0 aromatic heterocycles. The zero-order valence-electron chi connectivity index (χ0n) is 7.38. The Morgan fingerprint density at radius 3 is 2.09 bits per heavy atom. The maximum Gasteiger partial charge on any atom is 0.143 e. The summed E-state index contributed by atoms with van der Waals surface area (Å²) in [5.41, 5.74) is 5.13. The third-order valence-corrected chi connectivity index (χ3v) is 0.725. The van der Waals surface area contributed by atoms with Gasteiger partial charge >= 0.3 is 0 Å². The first-order chi connectivity index (χ1) is 5.41. The predicted octanol–water partition coefficient (Wildman–Crippen LogP) is -0.0457. The quantitative estimate of drug-likeness (QED) is 0.428. The van der Waals surface area contributed by atoms with Crippen molar-refractivity contribution in [3.05, 3.63) is 0 Å². The molecule has 0 bridgehead atoms. The van der Waals surface area contributed by atoms with Gasteiger partial charge in [0, 0.05) is 6.54 Å². The predicted molar refractivity (Wildman–Crippen MR) is 44.3 cm³/mol. The Bertz CT molecular complexity index is 47.0. The van der Waals surface area contributed by atoms with E-state index in [0.29, 0.717) is 26.4 Å². The Labute approximate surface area is 68.3 Å². The first kappa shape index (κ1) is 13.4. The van der Waals surface area contributed by atoms with Gasteiger partial charge in [0.1, 0.15) is 6.79 Å². The van der Waals surface area contributed by atoms with E-state index in [2.05, 4.69) is 4.74 Å². The molecule has 0 amide bonds. The molecule has 0 atom stereocenters. The lowest BCUT2D eigenvalue weighted by molar-refractivity contribution is -0.0282. The van der Waals surface area contributed by atoms with Crippen molar-refractivity contribution in [2.45, 2.75) is 13.8 Å². The van der Waals surface area contributed by atoms with Crippen molar-refractivity contribution in [2.24, 2.45) is 5.73 Å². The summed E-state index contributed by atoms with van der Waals surface area (Å²) in [7, 11) is 0. The molecule has 0 fully saturated rings. The van der Waals surface area contributed by atoms with Crippen molar-refractivity contribution < 1.29 is 14.6 Å². The first-order valence-corrected chi connectivity index (χ1v) is 3.88. The van der Waals surface area contributed by atoms with E-state index in [-0.39, 0.29) is 6.79 Å². The van der Waals surface area contributed by atoms with Crippen molar-refractivity contribution in [2.75, 3.05) is 33.2 Å². The normalized spacial score (nSPS) is 8.73. The molecule has 0 aromatic rings. The SMILES string of the molecule is CC.NCCOCCOCO. The van der Waals surface area contributed by atoms with E-state index in [1.165, 1.54) is 0 Å². The second kappa shape index (κ2) is 16.4. The van der Waals surface area contributed by atoms with Crippen LogP contribution in [0.1, 0.15) is 13.8 Å². The average Bonchev–Trinajstić information content (AvgIpc) is 2.08. The minimum atomic E-state index is -0.244. The highest BCUT2D eigenvalue weighted by Crippen LogP contribution is 1.74. The summed E-state index contributed by atoms with van der Waals surface area (Å²) in [4.78, 5) is 0. The molecule has 70 valence electrons. The van der Waals surface area contributed by atoms with Crippen molar-refractivity contribution in [3.8, 4) is 0 Å². The van der Waals surface area contributed by atoms with Crippen LogP contribution < -0.4 is 5.73 Å². The number of ether oxygens (including phenoxy) is 2. The Morgan fingerprint density at radius 1 is 1.09 bits per heavy atom. The maximum absolute atomic E-state index is 8.12. The Hall–Kier alpha value is -0.160. The third kappa shape index (κ3) is 17.7. The van der Waals surface area contributed by atoms with Crippen LogP contribution in [0.2, 0.25) is 0 Å². The van der Waals surface area contributed by atoms with E-state index in [9.17, 15) is 0 Å². The minimum Gasteiger partial charge on any atom is -0.378 e. The molecule has 0 rings (SSSR count). The highest BCUT2D eigenvalue weighted by Gasteiger charge is 1.84. The average molecular weight is 165 g/mol. The Morgan fingerprint density at radius 2 is 1.64 bits per heavy atom. The van der Waals surface area contributed by atoms with Gasteiger partial charge in [-0.05, 0) is 0 Å². The molecule has 3 N–H and O–H groups in total. The molecule has 0 aromatic carbocycles. The van der Waals surface area contributed by atoms with Crippen LogP contribution in [0.25, 0.3) is 0 Å². The molecule has 0 unspecified atom stereocenters. The van der Waals surface area contributed by atoms with Crippen molar-refractivity contribution in [1.82, 2.24) is 0 Å². The van der Waals surface area contributed by atoms with Crippen LogP contribution in [-0.4, -0.2) is 38.3 Å². The summed E-state index contributed by atoms with van der Waals surface area (Å²) < 4.78 is 9.49. The zero-order chi connectivity index (χ0) is 8.95. The van der Waals surface area contributed by atoms with E-state index in [0.717, 1.165) is 0 Å². The Kier molecular flexibility index (Phi) is 20.1. The van der Waals surface area contributed by atoms with E-state index in [1.54, 1.807) is 0 Å². The molecule has 0 spiro atoms. The highest BCUT2D eigenvalue weighted by atomic mass is 16.6. The van der Waals surface area contributed by atoms with Gasteiger partial charge in [-0.1, -0.05) is 13.8 Å². The largest absolute Gasteiger partial charge is 0.378 e. The van der Waals surface area contributed by atoms with Crippen LogP contribution in [0, 0.1) is 0 Å². The van der Waals surface area contributed by atoms with Crippen LogP contribution in [0.4, 0.5) is 0 Å². The smallest absolute Gasteiger partial charge is 0.143 e. The molecular weight excluding hydrogens is 146 g/mol. The molecular formula is C7H19NO3. The standard InChI is InChI=1S/C5H13NO3.C2H6/c6-1-2-8-3-4-9-5-7;1-2/h7H,1-6H2;1-2H3. The summed E-state index contributed by atoms with van der Waals surface area (Å²) in [5, 5.41) is 8.12. The van der Waals surface area contributed by atoms with Crippen LogP contribution in [0.15, 0.2) is 0 Å². The highest BCUT2D eigenvalue weighted by molar-refractivity contribution is 4.30. The van der Waals surface area contributed by atoms with E-state index in [1.807, 2.05) is 13.8 Å². The van der Waals surface area contributed by atoms with Crippen LogP contribution in [0.5, 0.6) is 0 Å². The van der Waals surface area contributed by atoms with Gasteiger partial charge in [0.2, 0.25) is 0 Å². The first-order valence-electron chi connectivity index (χ1n) is 3.88. The summed E-state index contributed by atoms with van der Waals surface area (Å²) in [6, 6.07) is 0. The van der Waals surface area contributed by atoms with E-state index in [4.69, 9.17) is 15.6 Å². The van der Waals surface area contributed by atoms with Gasteiger partial charge in [-0.25, -0.2) is 0 Å². The topological polar surface area (TPSA) is 64.7 Å². The number of nitrogens with two attached hydrogens (primary N) is 1. The van der Waals surface area contributed by atoms with Gasteiger partial charge in [-0.3, -0.25) is 0 Å². The zero-order valence-corrected chi connectivity index (χ0v) is 7.38. The van der Waals surface area contributed by atoms with Crippen LogP contribution >= 0.6 is 0 Å². The lowest BCUT2D eigenvalue weighted by Crippen LogP contribution is -2.12. The maximum atomic E-state index is 8.12. The van der Waals surface area contributed by atoms with Gasteiger partial charge < -0.3 is 20.3 Å². The van der Waals surface area contributed by atoms with Crippen molar-refractivity contribution in [1.29, 1.82) is 0 Å². The van der Waals surface area contributed by atoms with Gasteiger partial charge in [-0.2, -0.15) is 0 Å². The van der Waals surface area contributed by atoms with Gasteiger partial charge in [0.25, 0.3) is 0 Å². The summed E-state index contributed by atoms with van der Waals surface area (Å²) in [5.74, 6) is 0. The fraction of sp³-hybridized carbons (Fsp3) is 1.00. The molecule has 0 radical (unpaired) electrons. The summed E-state index contributed by atoms with van der Waals surface area (Å²) >= 11 is 0. The van der Waals surface area contributed by atoms with E-state index >= 15 is 0 Å². The fourth-order valence-electron chi connectivity index (χ4n) is 0.368. The number of hydrogen-bond donors (Lipinski definition) is 2. The van der Waals surface area contributed by atoms with Crippen molar-refractivity contribution >= 4 is 0 Å². The Balaban J connectivity index is 0. The summed E-state index contributed by atoms with van der Waals surface area (Å²) in [6.45, 7) is 5.76. The van der Waals surface area contributed by atoms with Crippen LogP contribution in [0.3, 0.4) is 0 Å². The van der Waals surface area contributed by atoms with Gasteiger partial charge in [0.15, 0.2) is 0 Å². The van der Waals surface area contributed by atoms with Gasteiger partial charge in [-0.15, -0.1) is 0 Å². The summed E-state index contributed by atoms with van der Waals surface area (Å²) in [6.07, 6.45) is 0. The number of hydrogen-bond acceptors (Lipinski definition) is 4. The lowest BCUT2D eigenvalue weighted by Gasteiger charge is -2.00. The molecule has 0 aliphatic rings. The van der Waals surface area contributed by atoms with Gasteiger partial charge in [0.05, 0.1) is 19.8 Å². The number of aliphatic hydroxyl groups excluding tert-OH is 1. The molecule has 4 heteroatoms. The monoisotopic (exact) mass is 165 g/mol. The van der Waals surface area contributed by atoms with E-state index < -0.39 is 0 Å². The molecule has 4 nitrogen and oxygen atoms in total. The molecule has 0 aliphatic heterocycles. The number of rotatable bonds is 6. The lowest BCUT2D eigenvalue weighted by atomic mass is 10.7. The molecule has 0 aliphatic carbocycles. The molecule has 0 heterocycles. The second-order valence-electron chi connectivity index (χ2n) is 1.44. The minimum absolute atomic E-state index is 0.244. The van der Waals surface area contributed by atoms with Crippen LogP contribution in [-0.2, 0) is 9.47 Å². The van der Waals surface area contributed by atoms with Crippen molar-refractivity contribution in [3.63, 3.8) is 0 Å². The molecule has 0 saturated carbocycles. The molecule has 0 saturated heterocycles. The third-order valence-electron chi connectivity index (χ3n) is 0.725.